The third-order valence-electron chi connectivity index (χ3n) is 5.56. The highest BCUT2D eigenvalue weighted by Gasteiger charge is 2.19. The molecule has 2 aromatic heterocycles. The maximum Gasteiger partial charge on any atom is 0.255 e. The monoisotopic (exact) mass is 431 g/mol. The number of rotatable bonds is 5. The second kappa shape index (κ2) is 8.37. The fourth-order valence-electron chi connectivity index (χ4n) is 4.03. The molecule has 8 heteroatoms. The van der Waals surface area contributed by atoms with Crippen LogP contribution in [0.15, 0.2) is 48.7 Å². The lowest BCUT2D eigenvalue weighted by Gasteiger charge is -2.10. The normalized spacial score (nSPS) is 13.2. The molecule has 0 radical (unpaired) electrons. The van der Waals surface area contributed by atoms with Crippen LogP contribution in [-0.2, 0) is 13.6 Å². The third-order valence-corrected chi connectivity index (χ3v) is 5.56. The average Bonchev–Trinajstić information content (AvgIpc) is 3.23. The van der Waals surface area contributed by atoms with E-state index in [4.69, 9.17) is 9.47 Å². The second-order valence-corrected chi connectivity index (χ2v) is 7.83. The smallest absolute Gasteiger partial charge is 0.255 e. The Hall–Kier alpha value is -3.81. The van der Waals surface area contributed by atoms with Gasteiger partial charge < -0.3 is 19.4 Å². The first kappa shape index (κ1) is 20.1. The largest absolute Gasteiger partial charge is 0.490 e. The summed E-state index contributed by atoms with van der Waals surface area (Å²) in [4.78, 5) is 17.6. The van der Waals surface area contributed by atoms with Crippen LogP contribution in [-0.4, -0.2) is 45.0 Å². The number of hydrogen-bond donors (Lipinski definition) is 1. The second-order valence-electron chi connectivity index (χ2n) is 7.83. The molecule has 4 aromatic rings. The third kappa shape index (κ3) is 3.79. The number of ether oxygens (including phenoxy) is 2. The number of carbonyl (C=O) groups excluding carboxylic acids is 1. The number of imidazole rings is 1. The molecule has 3 heterocycles. The number of amides is 1. The molecule has 164 valence electrons. The van der Waals surface area contributed by atoms with Crippen molar-refractivity contribution in [3.05, 3.63) is 60.0 Å². The quantitative estimate of drug-likeness (QED) is 0.524. The van der Waals surface area contributed by atoms with E-state index in [2.05, 4.69) is 20.0 Å². The molecule has 1 amide bonds. The number of benzene rings is 2. The highest BCUT2D eigenvalue weighted by atomic mass is 16.5. The summed E-state index contributed by atoms with van der Waals surface area (Å²) in [5.41, 5.74) is 3.98. The van der Waals surface area contributed by atoms with E-state index in [1.54, 1.807) is 10.9 Å². The van der Waals surface area contributed by atoms with Gasteiger partial charge in [-0.25, -0.2) is 4.98 Å². The van der Waals surface area contributed by atoms with Crippen molar-refractivity contribution in [2.45, 2.75) is 19.9 Å². The first-order chi connectivity index (χ1) is 15.6. The van der Waals surface area contributed by atoms with Gasteiger partial charge in [-0.2, -0.15) is 5.10 Å². The molecule has 1 aliphatic heterocycles. The van der Waals surface area contributed by atoms with Crippen LogP contribution in [0, 0.1) is 6.92 Å². The summed E-state index contributed by atoms with van der Waals surface area (Å²) in [5, 5.41) is 7.56. The molecule has 0 saturated carbocycles. The van der Waals surface area contributed by atoms with Gasteiger partial charge in [0.15, 0.2) is 11.5 Å². The minimum absolute atomic E-state index is 0.165. The van der Waals surface area contributed by atoms with Gasteiger partial charge in [0.25, 0.3) is 5.91 Å². The molecule has 0 bridgehead atoms. The number of hydrogen-bond acceptors (Lipinski definition) is 5. The number of para-hydroxylation sites is 2. The Labute approximate surface area is 185 Å². The van der Waals surface area contributed by atoms with Crippen molar-refractivity contribution in [1.82, 2.24) is 24.6 Å². The van der Waals surface area contributed by atoms with Crippen LogP contribution in [0.1, 0.15) is 22.6 Å². The zero-order chi connectivity index (χ0) is 22.1. The topological polar surface area (TPSA) is 83.2 Å². The van der Waals surface area contributed by atoms with Gasteiger partial charge in [0, 0.05) is 38.3 Å². The Bertz CT molecular complexity index is 1290. The van der Waals surface area contributed by atoms with E-state index in [-0.39, 0.29) is 5.91 Å². The van der Waals surface area contributed by atoms with Crippen molar-refractivity contribution in [3.63, 3.8) is 0 Å². The van der Waals surface area contributed by atoms with Gasteiger partial charge >= 0.3 is 0 Å². The van der Waals surface area contributed by atoms with Crippen LogP contribution in [0.4, 0.5) is 0 Å². The predicted octanol–water partition coefficient (Wildman–Crippen LogP) is 3.34. The molecule has 8 nitrogen and oxygen atoms in total. The van der Waals surface area contributed by atoms with E-state index in [1.165, 1.54) is 0 Å². The van der Waals surface area contributed by atoms with Gasteiger partial charge in [-0.3, -0.25) is 9.48 Å². The summed E-state index contributed by atoms with van der Waals surface area (Å²) in [6.07, 6.45) is 2.58. The summed E-state index contributed by atoms with van der Waals surface area (Å²) < 4.78 is 15.3. The molecule has 1 aliphatic rings. The molecule has 0 fully saturated rings. The maximum atomic E-state index is 13.0. The molecule has 0 unspecified atom stereocenters. The SMILES string of the molecule is Cc1nc2ccccc2n1CCNC(=O)c1cn(C)nc1-c1ccc2c(c1)OCCCO2. The molecule has 0 aliphatic carbocycles. The summed E-state index contributed by atoms with van der Waals surface area (Å²) in [5.74, 6) is 2.16. The number of fused-ring (bicyclic) bond motifs is 2. The van der Waals surface area contributed by atoms with E-state index >= 15 is 0 Å². The zero-order valence-electron chi connectivity index (χ0n) is 18.2. The fraction of sp³-hybridized carbons (Fsp3) is 0.292. The molecular formula is C24H25N5O3. The van der Waals surface area contributed by atoms with Crippen LogP contribution in [0.5, 0.6) is 11.5 Å². The molecule has 0 atom stereocenters. The Morgan fingerprint density at radius 3 is 2.81 bits per heavy atom. The molecule has 0 saturated heterocycles. The van der Waals surface area contributed by atoms with E-state index in [1.807, 2.05) is 56.4 Å². The van der Waals surface area contributed by atoms with Gasteiger partial charge in [0.1, 0.15) is 11.5 Å². The van der Waals surface area contributed by atoms with E-state index in [0.29, 0.717) is 43.3 Å². The van der Waals surface area contributed by atoms with Crippen molar-refractivity contribution < 1.29 is 14.3 Å². The lowest BCUT2D eigenvalue weighted by Crippen LogP contribution is -2.27. The number of aryl methyl sites for hydroxylation is 2. The number of nitrogens with one attached hydrogen (secondary N) is 1. The molecule has 5 rings (SSSR count). The van der Waals surface area contributed by atoms with Crippen LogP contribution < -0.4 is 14.8 Å². The number of aromatic nitrogens is 4. The Kier molecular flexibility index (Phi) is 5.26. The highest BCUT2D eigenvalue weighted by molar-refractivity contribution is 6.00. The molecule has 0 spiro atoms. The van der Waals surface area contributed by atoms with Gasteiger partial charge in [-0.1, -0.05) is 12.1 Å². The van der Waals surface area contributed by atoms with Gasteiger partial charge in [0.2, 0.25) is 0 Å². The Morgan fingerprint density at radius 1 is 1.12 bits per heavy atom. The Balaban J connectivity index is 1.34. The summed E-state index contributed by atoms with van der Waals surface area (Å²) in [6.45, 7) is 4.34. The summed E-state index contributed by atoms with van der Waals surface area (Å²) in [6, 6.07) is 13.7. The van der Waals surface area contributed by atoms with Gasteiger partial charge in [0.05, 0.1) is 29.8 Å². The number of carbonyl (C=O) groups is 1. The summed E-state index contributed by atoms with van der Waals surface area (Å²) >= 11 is 0. The first-order valence-corrected chi connectivity index (χ1v) is 10.7. The van der Waals surface area contributed by atoms with Crippen LogP contribution in [0.2, 0.25) is 0 Å². The fourth-order valence-corrected chi connectivity index (χ4v) is 4.03. The van der Waals surface area contributed by atoms with Crippen molar-refractivity contribution in [3.8, 4) is 22.8 Å². The maximum absolute atomic E-state index is 13.0. The van der Waals surface area contributed by atoms with E-state index in [9.17, 15) is 4.79 Å². The molecule has 2 aromatic carbocycles. The van der Waals surface area contributed by atoms with Gasteiger partial charge in [-0.05, 0) is 37.3 Å². The van der Waals surface area contributed by atoms with Crippen LogP contribution in [0.25, 0.3) is 22.3 Å². The lowest BCUT2D eigenvalue weighted by atomic mass is 10.1. The Morgan fingerprint density at radius 2 is 1.94 bits per heavy atom. The number of nitrogens with zero attached hydrogens (tertiary/aromatic N) is 4. The van der Waals surface area contributed by atoms with Crippen molar-refractivity contribution in [1.29, 1.82) is 0 Å². The molecule has 32 heavy (non-hydrogen) atoms. The molecular weight excluding hydrogens is 406 g/mol. The average molecular weight is 431 g/mol. The van der Waals surface area contributed by atoms with Crippen molar-refractivity contribution in [2.24, 2.45) is 7.05 Å². The molecule has 1 N–H and O–H groups in total. The minimum Gasteiger partial charge on any atom is -0.490 e. The van der Waals surface area contributed by atoms with Crippen LogP contribution in [0.3, 0.4) is 0 Å². The van der Waals surface area contributed by atoms with Crippen molar-refractivity contribution >= 4 is 16.9 Å². The highest BCUT2D eigenvalue weighted by Crippen LogP contribution is 2.34. The summed E-state index contributed by atoms with van der Waals surface area (Å²) in [7, 11) is 1.81. The van der Waals surface area contributed by atoms with Crippen molar-refractivity contribution in [2.75, 3.05) is 19.8 Å². The predicted molar refractivity (Wildman–Crippen MR) is 121 cm³/mol. The van der Waals surface area contributed by atoms with Gasteiger partial charge in [-0.15, -0.1) is 0 Å². The van der Waals surface area contributed by atoms with E-state index < -0.39 is 0 Å². The minimum atomic E-state index is -0.165. The lowest BCUT2D eigenvalue weighted by molar-refractivity contribution is 0.0953. The standard InChI is InChI=1S/C24H25N5O3/c1-16-26-19-6-3-4-7-20(19)29(16)11-10-25-24(30)18-15-28(2)27-23(18)17-8-9-21-22(14-17)32-13-5-12-31-21/h3-4,6-9,14-15H,5,10-13H2,1-2H3,(H,25,30). The van der Waals surface area contributed by atoms with E-state index in [0.717, 1.165) is 34.6 Å². The zero-order valence-corrected chi connectivity index (χ0v) is 18.2. The first-order valence-electron chi connectivity index (χ1n) is 10.7. The van der Waals surface area contributed by atoms with Crippen LogP contribution >= 0.6 is 0 Å².